The number of nitrogens with one attached hydrogen (secondary N) is 1. The fourth-order valence-corrected chi connectivity index (χ4v) is 3.04. The Morgan fingerprint density at radius 1 is 1.22 bits per heavy atom. The number of urea groups is 1. The number of carboxylic acids is 1. The van der Waals surface area contributed by atoms with E-state index in [1.54, 1.807) is 4.90 Å². The van der Waals surface area contributed by atoms with Crippen LogP contribution in [0, 0.1) is 5.41 Å². The van der Waals surface area contributed by atoms with Crippen LogP contribution in [0.4, 0.5) is 4.79 Å². The van der Waals surface area contributed by atoms with Crippen LogP contribution in [0.5, 0.6) is 0 Å². The molecule has 18 heavy (non-hydrogen) atoms. The quantitative estimate of drug-likeness (QED) is 0.755. The average molecular weight is 254 g/mol. The highest BCUT2D eigenvalue weighted by molar-refractivity contribution is 5.78. The molecule has 1 aliphatic heterocycles. The largest absolute Gasteiger partial charge is 0.481 e. The first-order chi connectivity index (χ1) is 8.64. The predicted octanol–water partition coefficient (Wildman–Crippen LogP) is 1.83. The van der Waals surface area contributed by atoms with Crippen LogP contribution in [0.1, 0.15) is 44.9 Å². The lowest BCUT2D eigenvalue weighted by atomic mass is 9.79. The maximum absolute atomic E-state index is 11.7. The molecule has 0 bridgehead atoms. The van der Waals surface area contributed by atoms with Gasteiger partial charge in [0, 0.05) is 19.6 Å². The third kappa shape index (κ3) is 2.76. The number of carboxylic acid groups (broad SMARTS) is 1. The zero-order valence-electron chi connectivity index (χ0n) is 10.8. The molecule has 2 N–H and O–H groups in total. The number of amides is 2. The molecule has 2 aliphatic rings. The van der Waals surface area contributed by atoms with Crippen LogP contribution in [0.3, 0.4) is 0 Å². The second kappa shape index (κ2) is 5.59. The molecule has 0 radical (unpaired) electrons. The van der Waals surface area contributed by atoms with Crippen LogP contribution in [0.2, 0.25) is 0 Å². The Morgan fingerprint density at radius 3 is 2.44 bits per heavy atom. The maximum atomic E-state index is 11.7. The molecule has 0 aromatic rings. The van der Waals surface area contributed by atoms with E-state index in [1.165, 1.54) is 0 Å². The van der Waals surface area contributed by atoms with E-state index in [2.05, 4.69) is 5.32 Å². The molecule has 2 fully saturated rings. The van der Waals surface area contributed by atoms with Crippen molar-refractivity contribution in [2.24, 2.45) is 5.41 Å². The molecule has 0 atom stereocenters. The summed E-state index contributed by atoms with van der Waals surface area (Å²) in [6.45, 7) is 1.75. The van der Waals surface area contributed by atoms with E-state index in [1.807, 2.05) is 0 Å². The second-order valence-electron chi connectivity index (χ2n) is 5.51. The van der Waals surface area contributed by atoms with Crippen LogP contribution >= 0.6 is 0 Å². The van der Waals surface area contributed by atoms with Crippen LogP contribution in [-0.4, -0.2) is 41.6 Å². The average Bonchev–Trinajstić information content (AvgIpc) is 2.59. The Bertz CT molecular complexity index is 322. The maximum Gasteiger partial charge on any atom is 0.317 e. The summed E-state index contributed by atoms with van der Waals surface area (Å²) in [6.07, 6.45) is 6.45. The van der Waals surface area contributed by atoms with Gasteiger partial charge in [0.15, 0.2) is 0 Å². The van der Waals surface area contributed by atoms with Crippen molar-refractivity contribution in [2.75, 3.05) is 19.6 Å². The zero-order valence-corrected chi connectivity index (χ0v) is 10.8. The highest BCUT2D eigenvalue weighted by Crippen LogP contribution is 2.36. The topological polar surface area (TPSA) is 69.6 Å². The summed E-state index contributed by atoms with van der Waals surface area (Å²) in [5.74, 6) is -0.734. The molecule has 5 heteroatoms. The van der Waals surface area contributed by atoms with Gasteiger partial charge in [-0.25, -0.2) is 4.79 Å². The fourth-order valence-electron chi connectivity index (χ4n) is 3.04. The van der Waals surface area contributed by atoms with Crippen molar-refractivity contribution in [3.63, 3.8) is 0 Å². The monoisotopic (exact) mass is 254 g/mol. The molecule has 0 aromatic heterocycles. The van der Waals surface area contributed by atoms with Gasteiger partial charge in [0.25, 0.3) is 0 Å². The molecule has 1 heterocycles. The van der Waals surface area contributed by atoms with Gasteiger partial charge >= 0.3 is 12.0 Å². The molecule has 2 amide bonds. The summed E-state index contributed by atoms with van der Waals surface area (Å²) in [6, 6.07) is -0.105. The first kappa shape index (κ1) is 13.2. The standard InChI is InChI=1S/C13H22N2O3/c16-11(17)13(6-3-1-2-4-7-13)10-15-9-5-8-14-12(15)18/h1-10H2,(H,14,18)(H,16,17). The number of hydrogen-bond donors (Lipinski definition) is 2. The Balaban J connectivity index is 2.09. The van der Waals surface area contributed by atoms with Crippen molar-refractivity contribution in [1.82, 2.24) is 10.2 Å². The van der Waals surface area contributed by atoms with Gasteiger partial charge in [-0.2, -0.15) is 0 Å². The number of nitrogens with zero attached hydrogens (tertiary/aromatic N) is 1. The third-order valence-corrected chi connectivity index (χ3v) is 4.18. The van der Waals surface area contributed by atoms with Crippen molar-refractivity contribution in [1.29, 1.82) is 0 Å². The number of rotatable bonds is 3. The first-order valence-corrected chi connectivity index (χ1v) is 6.90. The van der Waals surface area contributed by atoms with E-state index >= 15 is 0 Å². The van der Waals surface area contributed by atoms with Gasteiger partial charge in [0.05, 0.1) is 5.41 Å². The lowest BCUT2D eigenvalue weighted by molar-refractivity contribution is -0.150. The van der Waals surface area contributed by atoms with E-state index in [0.29, 0.717) is 32.5 Å². The van der Waals surface area contributed by atoms with E-state index < -0.39 is 11.4 Å². The highest BCUT2D eigenvalue weighted by atomic mass is 16.4. The molecule has 0 aromatic carbocycles. The smallest absolute Gasteiger partial charge is 0.317 e. The number of aliphatic carboxylic acids is 1. The predicted molar refractivity (Wildman–Crippen MR) is 67.4 cm³/mol. The molecule has 1 saturated heterocycles. The van der Waals surface area contributed by atoms with Gasteiger partial charge in [-0.15, -0.1) is 0 Å². The minimum absolute atomic E-state index is 0.105. The fraction of sp³-hybridized carbons (Fsp3) is 0.846. The molecule has 0 unspecified atom stereocenters. The Morgan fingerprint density at radius 2 is 1.89 bits per heavy atom. The van der Waals surface area contributed by atoms with Gasteiger partial charge in [-0.3, -0.25) is 4.79 Å². The van der Waals surface area contributed by atoms with E-state index in [9.17, 15) is 14.7 Å². The third-order valence-electron chi connectivity index (χ3n) is 4.18. The van der Waals surface area contributed by atoms with Crippen molar-refractivity contribution in [2.45, 2.75) is 44.9 Å². The van der Waals surface area contributed by atoms with Crippen LogP contribution < -0.4 is 5.32 Å². The minimum Gasteiger partial charge on any atom is -0.481 e. The SMILES string of the molecule is O=C1NCCCN1CC1(C(=O)O)CCCCCC1. The molecule has 102 valence electrons. The molecular weight excluding hydrogens is 232 g/mol. The minimum atomic E-state index is -0.734. The number of hydrogen-bond acceptors (Lipinski definition) is 2. The van der Waals surface area contributed by atoms with E-state index in [-0.39, 0.29) is 6.03 Å². The van der Waals surface area contributed by atoms with Crippen molar-refractivity contribution in [3.8, 4) is 0 Å². The van der Waals surface area contributed by atoms with E-state index in [0.717, 1.165) is 32.1 Å². The van der Waals surface area contributed by atoms with Crippen LogP contribution in [-0.2, 0) is 4.79 Å². The highest BCUT2D eigenvalue weighted by Gasteiger charge is 2.41. The van der Waals surface area contributed by atoms with Crippen LogP contribution in [0.25, 0.3) is 0 Å². The summed E-state index contributed by atoms with van der Waals surface area (Å²) in [5, 5.41) is 12.4. The molecule has 0 spiro atoms. The van der Waals surface area contributed by atoms with Gasteiger partial charge in [0.2, 0.25) is 0 Å². The summed E-state index contributed by atoms with van der Waals surface area (Å²) in [7, 11) is 0. The number of carbonyl (C=O) groups is 2. The lowest BCUT2D eigenvalue weighted by Crippen LogP contribution is -2.52. The zero-order chi connectivity index (χ0) is 13.0. The Labute approximate surface area is 108 Å². The Hall–Kier alpha value is -1.26. The molecule has 5 nitrogen and oxygen atoms in total. The summed E-state index contributed by atoms with van der Waals surface area (Å²) in [5.41, 5.74) is -0.717. The van der Waals surface area contributed by atoms with E-state index in [4.69, 9.17) is 0 Å². The van der Waals surface area contributed by atoms with Gasteiger partial charge in [-0.05, 0) is 19.3 Å². The van der Waals surface area contributed by atoms with Crippen molar-refractivity contribution in [3.05, 3.63) is 0 Å². The Kier molecular flexibility index (Phi) is 4.09. The second-order valence-corrected chi connectivity index (χ2v) is 5.51. The van der Waals surface area contributed by atoms with Crippen LogP contribution in [0.15, 0.2) is 0 Å². The molecule has 1 aliphatic carbocycles. The molecule has 2 rings (SSSR count). The van der Waals surface area contributed by atoms with Gasteiger partial charge in [-0.1, -0.05) is 25.7 Å². The molecular formula is C13H22N2O3. The van der Waals surface area contributed by atoms with Crippen molar-refractivity contribution >= 4 is 12.0 Å². The summed E-state index contributed by atoms with van der Waals surface area (Å²) >= 11 is 0. The van der Waals surface area contributed by atoms with Gasteiger partial charge < -0.3 is 15.3 Å². The summed E-state index contributed by atoms with van der Waals surface area (Å²) < 4.78 is 0. The normalized spacial score (nSPS) is 24.2. The number of carbonyl (C=O) groups excluding carboxylic acids is 1. The summed E-state index contributed by atoms with van der Waals surface area (Å²) in [4.78, 5) is 25.1. The molecule has 1 saturated carbocycles. The first-order valence-electron chi connectivity index (χ1n) is 6.90. The lowest BCUT2D eigenvalue weighted by Gasteiger charge is -2.36. The van der Waals surface area contributed by atoms with Crippen molar-refractivity contribution < 1.29 is 14.7 Å². The van der Waals surface area contributed by atoms with Gasteiger partial charge in [0.1, 0.15) is 0 Å².